The Balaban J connectivity index is 2.23. The molecule has 1 fully saturated rings. The molecule has 2 unspecified atom stereocenters. The van der Waals surface area contributed by atoms with E-state index in [1.807, 2.05) is 29.2 Å². The van der Waals surface area contributed by atoms with Crippen molar-refractivity contribution in [3.05, 3.63) is 29.8 Å². The van der Waals surface area contributed by atoms with Crippen LogP contribution in [0.3, 0.4) is 0 Å². The summed E-state index contributed by atoms with van der Waals surface area (Å²) in [6, 6.07) is 8.06. The van der Waals surface area contributed by atoms with Gasteiger partial charge in [-0.05, 0) is 51.3 Å². The third-order valence-corrected chi connectivity index (χ3v) is 3.74. The SMILES string of the molecule is COc1cccc(C(=O)N2C(C)CCCC2C)c1. The molecule has 2 atom stereocenters. The predicted molar refractivity (Wildman–Crippen MR) is 71.9 cm³/mol. The van der Waals surface area contributed by atoms with Gasteiger partial charge < -0.3 is 9.64 Å². The first-order valence-corrected chi connectivity index (χ1v) is 6.60. The zero-order chi connectivity index (χ0) is 13.1. The Morgan fingerprint density at radius 2 is 1.94 bits per heavy atom. The zero-order valence-electron chi connectivity index (χ0n) is 11.3. The van der Waals surface area contributed by atoms with Gasteiger partial charge in [0.25, 0.3) is 5.91 Å². The van der Waals surface area contributed by atoms with Crippen LogP contribution in [-0.4, -0.2) is 30.0 Å². The molecular formula is C15H21NO2. The first kappa shape index (κ1) is 12.9. The lowest BCUT2D eigenvalue weighted by atomic mass is 9.96. The van der Waals surface area contributed by atoms with Crippen LogP contribution in [0, 0.1) is 0 Å². The largest absolute Gasteiger partial charge is 0.497 e. The summed E-state index contributed by atoms with van der Waals surface area (Å²) >= 11 is 0. The number of hydrogen-bond donors (Lipinski definition) is 0. The molecule has 1 amide bonds. The topological polar surface area (TPSA) is 29.5 Å². The molecule has 2 rings (SSSR count). The van der Waals surface area contributed by atoms with Crippen LogP contribution in [0.1, 0.15) is 43.5 Å². The lowest BCUT2D eigenvalue weighted by Crippen LogP contribution is -2.47. The van der Waals surface area contributed by atoms with Gasteiger partial charge in [0.2, 0.25) is 0 Å². The van der Waals surface area contributed by atoms with Crippen molar-refractivity contribution in [1.29, 1.82) is 0 Å². The Labute approximate surface area is 109 Å². The first-order chi connectivity index (χ1) is 8.63. The Hall–Kier alpha value is -1.51. The number of hydrogen-bond acceptors (Lipinski definition) is 2. The molecule has 98 valence electrons. The van der Waals surface area contributed by atoms with Crippen LogP contribution in [0.5, 0.6) is 5.75 Å². The van der Waals surface area contributed by atoms with E-state index >= 15 is 0 Å². The maximum Gasteiger partial charge on any atom is 0.254 e. The summed E-state index contributed by atoms with van der Waals surface area (Å²) in [6.07, 6.45) is 3.41. The van der Waals surface area contributed by atoms with E-state index in [1.54, 1.807) is 7.11 Å². The highest BCUT2D eigenvalue weighted by Gasteiger charge is 2.29. The van der Waals surface area contributed by atoms with Crippen LogP contribution in [0.4, 0.5) is 0 Å². The molecule has 1 aliphatic rings. The number of methoxy groups -OCH3 is 1. The van der Waals surface area contributed by atoms with Crippen molar-refractivity contribution in [3.63, 3.8) is 0 Å². The Kier molecular flexibility index (Phi) is 3.90. The molecule has 0 aromatic heterocycles. The normalized spacial score (nSPS) is 23.8. The fourth-order valence-electron chi connectivity index (χ4n) is 2.73. The minimum atomic E-state index is 0.119. The highest BCUT2D eigenvalue weighted by Crippen LogP contribution is 2.25. The van der Waals surface area contributed by atoms with E-state index in [-0.39, 0.29) is 5.91 Å². The van der Waals surface area contributed by atoms with E-state index in [9.17, 15) is 4.79 Å². The van der Waals surface area contributed by atoms with E-state index in [2.05, 4.69) is 13.8 Å². The van der Waals surface area contributed by atoms with Crippen molar-refractivity contribution < 1.29 is 9.53 Å². The summed E-state index contributed by atoms with van der Waals surface area (Å²) < 4.78 is 5.18. The fraction of sp³-hybridized carbons (Fsp3) is 0.533. The summed E-state index contributed by atoms with van der Waals surface area (Å²) in [5.41, 5.74) is 0.718. The lowest BCUT2D eigenvalue weighted by Gasteiger charge is -2.39. The van der Waals surface area contributed by atoms with E-state index < -0.39 is 0 Å². The van der Waals surface area contributed by atoms with Gasteiger partial charge in [-0.15, -0.1) is 0 Å². The number of carbonyl (C=O) groups is 1. The first-order valence-electron chi connectivity index (χ1n) is 6.60. The average Bonchev–Trinajstić information content (AvgIpc) is 2.38. The van der Waals surface area contributed by atoms with Gasteiger partial charge in [0, 0.05) is 17.6 Å². The molecule has 0 aliphatic carbocycles. The van der Waals surface area contributed by atoms with Gasteiger partial charge >= 0.3 is 0 Å². The van der Waals surface area contributed by atoms with Crippen molar-refractivity contribution in [2.24, 2.45) is 0 Å². The molecule has 1 aliphatic heterocycles. The molecule has 0 bridgehead atoms. The molecule has 1 saturated heterocycles. The number of likely N-dealkylation sites (tertiary alicyclic amines) is 1. The Bertz CT molecular complexity index is 420. The number of rotatable bonds is 2. The fourth-order valence-corrected chi connectivity index (χ4v) is 2.73. The molecule has 0 radical (unpaired) electrons. The van der Waals surface area contributed by atoms with Crippen molar-refractivity contribution in [2.75, 3.05) is 7.11 Å². The average molecular weight is 247 g/mol. The van der Waals surface area contributed by atoms with E-state index in [4.69, 9.17) is 4.74 Å². The third-order valence-electron chi connectivity index (χ3n) is 3.74. The maximum absolute atomic E-state index is 12.6. The Morgan fingerprint density at radius 1 is 1.28 bits per heavy atom. The van der Waals surface area contributed by atoms with Gasteiger partial charge in [0.05, 0.1) is 7.11 Å². The van der Waals surface area contributed by atoms with Crippen LogP contribution < -0.4 is 4.74 Å². The quantitative estimate of drug-likeness (QED) is 0.803. The van der Waals surface area contributed by atoms with Gasteiger partial charge in [-0.3, -0.25) is 4.79 Å². The third kappa shape index (κ3) is 2.50. The summed E-state index contributed by atoms with van der Waals surface area (Å²) in [5.74, 6) is 0.853. The summed E-state index contributed by atoms with van der Waals surface area (Å²) in [6.45, 7) is 4.27. The molecule has 1 aromatic carbocycles. The van der Waals surface area contributed by atoms with Gasteiger partial charge in [0.15, 0.2) is 0 Å². The molecular weight excluding hydrogens is 226 g/mol. The number of piperidine rings is 1. The molecule has 0 saturated carbocycles. The predicted octanol–water partition coefficient (Wildman–Crippen LogP) is 3.10. The second-order valence-corrected chi connectivity index (χ2v) is 5.07. The van der Waals surface area contributed by atoms with Crippen molar-refractivity contribution in [2.45, 2.75) is 45.2 Å². The highest BCUT2D eigenvalue weighted by molar-refractivity contribution is 5.95. The molecule has 0 spiro atoms. The number of benzene rings is 1. The maximum atomic E-state index is 12.6. The molecule has 1 heterocycles. The minimum absolute atomic E-state index is 0.119. The van der Waals surface area contributed by atoms with Crippen LogP contribution in [0.25, 0.3) is 0 Å². The van der Waals surface area contributed by atoms with Crippen molar-refractivity contribution in [3.8, 4) is 5.75 Å². The molecule has 18 heavy (non-hydrogen) atoms. The van der Waals surface area contributed by atoms with E-state index in [1.165, 1.54) is 6.42 Å². The summed E-state index contributed by atoms with van der Waals surface area (Å²) in [5, 5.41) is 0. The molecule has 1 aromatic rings. The van der Waals surface area contributed by atoms with Gasteiger partial charge in [-0.1, -0.05) is 6.07 Å². The number of nitrogens with zero attached hydrogens (tertiary/aromatic N) is 1. The number of amides is 1. The monoisotopic (exact) mass is 247 g/mol. The highest BCUT2D eigenvalue weighted by atomic mass is 16.5. The van der Waals surface area contributed by atoms with Crippen LogP contribution in [0.15, 0.2) is 24.3 Å². The summed E-state index contributed by atoms with van der Waals surface area (Å²) in [4.78, 5) is 14.6. The van der Waals surface area contributed by atoms with Crippen molar-refractivity contribution >= 4 is 5.91 Å². The standard InChI is InChI=1S/C15H21NO2/c1-11-6-4-7-12(2)16(11)15(17)13-8-5-9-14(10-13)18-3/h5,8-12H,4,6-7H2,1-3H3. The minimum Gasteiger partial charge on any atom is -0.497 e. The van der Waals surface area contributed by atoms with E-state index in [0.717, 1.165) is 24.2 Å². The van der Waals surface area contributed by atoms with Crippen LogP contribution in [0.2, 0.25) is 0 Å². The smallest absolute Gasteiger partial charge is 0.254 e. The van der Waals surface area contributed by atoms with Crippen molar-refractivity contribution in [1.82, 2.24) is 4.90 Å². The number of ether oxygens (including phenoxy) is 1. The molecule has 3 nitrogen and oxygen atoms in total. The van der Waals surface area contributed by atoms with Gasteiger partial charge in [-0.25, -0.2) is 0 Å². The second-order valence-electron chi connectivity index (χ2n) is 5.07. The molecule has 3 heteroatoms. The second kappa shape index (κ2) is 5.42. The van der Waals surface area contributed by atoms with Gasteiger partial charge in [-0.2, -0.15) is 0 Å². The van der Waals surface area contributed by atoms with Crippen LogP contribution in [-0.2, 0) is 0 Å². The van der Waals surface area contributed by atoms with Crippen LogP contribution >= 0.6 is 0 Å². The lowest BCUT2D eigenvalue weighted by molar-refractivity contribution is 0.0510. The summed E-state index contributed by atoms with van der Waals surface area (Å²) in [7, 11) is 1.62. The molecule has 0 N–H and O–H groups in total. The Morgan fingerprint density at radius 3 is 2.56 bits per heavy atom. The zero-order valence-corrected chi connectivity index (χ0v) is 11.3. The van der Waals surface area contributed by atoms with Gasteiger partial charge in [0.1, 0.15) is 5.75 Å². The number of carbonyl (C=O) groups excluding carboxylic acids is 1. The van der Waals surface area contributed by atoms with E-state index in [0.29, 0.717) is 12.1 Å².